The molecule has 1 heterocycles. The van der Waals surface area contributed by atoms with Crippen molar-refractivity contribution in [3.63, 3.8) is 0 Å². The molecule has 27 heavy (non-hydrogen) atoms. The Labute approximate surface area is 163 Å². The van der Waals surface area contributed by atoms with E-state index in [2.05, 4.69) is 5.32 Å². The molecule has 0 radical (unpaired) electrons. The molecule has 0 bridgehead atoms. The lowest BCUT2D eigenvalue weighted by atomic mass is 10.1. The SMILES string of the molecule is Cc1ccc(C(=O)NC[C@H](c2ccccc2)S(=O)(=O)c2cccs2)cc1C. The topological polar surface area (TPSA) is 63.2 Å². The maximum Gasteiger partial charge on any atom is 0.251 e. The minimum absolute atomic E-state index is 0.00992. The molecule has 0 unspecified atom stereocenters. The number of carbonyl (C=O) groups is 1. The minimum Gasteiger partial charge on any atom is -0.350 e. The van der Waals surface area contributed by atoms with Crippen LogP contribution in [0.25, 0.3) is 0 Å². The van der Waals surface area contributed by atoms with E-state index in [9.17, 15) is 13.2 Å². The van der Waals surface area contributed by atoms with Gasteiger partial charge in [-0.15, -0.1) is 11.3 Å². The van der Waals surface area contributed by atoms with Crippen molar-refractivity contribution in [2.45, 2.75) is 23.3 Å². The first-order valence-electron chi connectivity index (χ1n) is 8.57. The molecule has 0 aliphatic heterocycles. The standard InChI is InChI=1S/C21H21NO3S2/c1-15-10-11-18(13-16(15)2)21(23)22-14-19(17-7-4-3-5-8-17)27(24,25)20-9-6-12-26-20/h3-13,19H,14H2,1-2H3,(H,22,23)/t19-/m1/s1. The molecule has 2 aromatic carbocycles. The Balaban J connectivity index is 1.86. The predicted octanol–water partition coefficient (Wildman–Crippen LogP) is 4.31. The molecule has 0 fully saturated rings. The summed E-state index contributed by atoms with van der Waals surface area (Å²) in [5.41, 5.74) is 3.31. The number of nitrogens with one attached hydrogen (secondary N) is 1. The zero-order valence-corrected chi connectivity index (χ0v) is 16.8. The molecule has 3 aromatic rings. The normalized spacial score (nSPS) is 12.5. The molecule has 140 valence electrons. The Hall–Kier alpha value is -2.44. The van der Waals surface area contributed by atoms with Crippen molar-refractivity contribution in [3.05, 3.63) is 88.3 Å². The summed E-state index contributed by atoms with van der Waals surface area (Å²) in [5, 5.41) is 3.70. The van der Waals surface area contributed by atoms with Crippen LogP contribution in [0.3, 0.4) is 0 Å². The Bertz CT molecular complexity index is 1030. The van der Waals surface area contributed by atoms with Gasteiger partial charge in [-0.25, -0.2) is 8.42 Å². The quantitative estimate of drug-likeness (QED) is 0.672. The van der Waals surface area contributed by atoms with Gasteiger partial charge in [-0.3, -0.25) is 4.79 Å². The number of hydrogen-bond donors (Lipinski definition) is 1. The molecule has 0 spiro atoms. The van der Waals surface area contributed by atoms with E-state index in [1.54, 1.807) is 47.8 Å². The van der Waals surface area contributed by atoms with Gasteiger partial charge in [-0.1, -0.05) is 42.5 Å². The van der Waals surface area contributed by atoms with Gasteiger partial charge in [-0.05, 0) is 54.1 Å². The van der Waals surface area contributed by atoms with E-state index in [1.807, 2.05) is 32.0 Å². The van der Waals surface area contributed by atoms with E-state index in [1.165, 1.54) is 11.3 Å². The van der Waals surface area contributed by atoms with Crippen LogP contribution in [-0.2, 0) is 9.84 Å². The number of carbonyl (C=O) groups excluding carboxylic acids is 1. The zero-order valence-electron chi connectivity index (χ0n) is 15.2. The molecule has 4 nitrogen and oxygen atoms in total. The van der Waals surface area contributed by atoms with Crippen LogP contribution in [0.5, 0.6) is 0 Å². The van der Waals surface area contributed by atoms with Gasteiger partial charge in [0.25, 0.3) is 5.91 Å². The minimum atomic E-state index is -3.60. The van der Waals surface area contributed by atoms with Crippen LogP contribution < -0.4 is 5.32 Å². The average molecular weight is 400 g/mol. The van der Waals surface area contributed by atoms with E-state index in [0.29, 0.717) is 15.3 Å². The molecule has 0 aliphatic rings. The number of aryl methyl sites for hydroxylation is 2. The molecule has 1 N–H and O–H groups in total. The highest BCUT2D eigenvalue weighted by Gasteiger charge is 2.30. The number of thiophene rings is 1. The van der Waals surface area contributed by atoms with Crippen LogP contribution in [0.1, 0.15) is 32.3 Å². The van der Waals surface area contributed by atoms with E-state index in [0.717, 1.165) is 11.1 Å². The third-order valence-corrected chi connectivity index (χ3v) is 8.07. The molecule has 1 aromatic heterocycles. The molecule has 0 saturated heterocycles. The fourth-order valence-electron chi connectivity index (χ4n) is 2.81. The molecule has 0 saturated carbocycles. The largest absolute Gasteiger partial charge is 0.350 e. The molecule has 1 amide bonds. The summed E-state index contributed by atoms with van der Waals surface area (Å²) in [6, 6.07) is 17.8. The van der Waals surface area contributed by atoms with Gasteiger partial charge in [0.1, 0.15) is 9.46 Å². The highest BCUT2D eigenvalue weighted by atomic mass is 32.2. The summed E-state index contributed by atoms with van der Waals surface area (Å²) in [6.07, 6.45) is 0. The highest BCUT2D eigenvalue weighted by Crippen LogP contribution is 2.31. The molecular formula is C21H21NO3S2. The monoisotopic (exact) mass is 399 g/mol. The molecule has 1 atom stereocenters. The van der Waals surface area contributed by atoms with E-state index in [4.69, 9.17) is 0 Å². The van der Waals surface area contributed by atoms with Crippen molar-refractivity contribution in [3.8, 4) is 0 Å². The Morgan fingerprint density at radius 3 is 2.37 bits per heavy atom. The van der Waals surface area contributed by atoms with Crippen LogP contribution >= 0.6 is 11.3 Å². The number of rotatable bonds is 6. The van der Waals surface area contributed by atoms with Crippen molar-refractivity contribution >= 4 is 27.1 Å². The van der Waals surface area contributed by atoms with Crippen LogP contribution in [0, 0.1) is 13.8 Å². The summed E-state index contributed by atoms with van der Waals surface area (Å²) in [4.78, 5) is 12.6. The van der Waals surface area contributed by atoms with Crippen molar-refractivity contribution in [2.75, 3.05) is 6.54 Å². The van der Waals surface area contributed by atoms with E-state index in [-0.39, 0.29) is 12.5 Å². The van der Waals surface area contributed by atoms with Crippen molar-refractivity contribution in [1.29, 1.82) is 0 Å². The van der Waals surface area contributed by atoms with Gasteiger partial charge in [0.2, 0.25) is 0 Å². The van der Waals surface area contributed by atoms with Gasteiger partial charge in [-0.2, -0.15) is 0 Å². The summed E-state index contributed by atoms with van der Waals surface area (Å²) in [7, 11) is -3.60. The summed E-state index contributed by atoms with van der Waals surface area (Å²) in [5.74, 6) is -0.277. The van der Waals surface area contributed by atoms with Crippen LogP contribution in [-0.4, -0.2) is 20.9 Å². The maximum absolute atomic E-state index is 13.1. The average Bonchev–Trinajstić information content (AvgIpc) is 3.20. The van der Waals surface area contributed by atoms with Gasteiger partial charge in [0.05, 0.1) is 0 Å². The summed E-state index contributed by atoms with van der Waals surface area (Å²) < 4.78 is 26.5. The zero-order chi connectivity index (χ0) is 19.4. The Kier molecular flexibility index (Phi) is 5.77. The Morgan fingerprint density at radius 2 is 1.74 bits per heavy atom. The summed E-state index contributed by atoms with van der Waals surface area (Å²) >= 11 is 1.19. The first kappa shape index (κ1) is 19.3. The lowest BCUT2D eigenvalue weighted by molar-refractivity contribution is 0.0953. The molecule has 6 heteroatoms. The lowest BCUT2D eigenvalue weighted by Crippen LogP contribution is -2.31. The highest BCUT2D eigenvalue weighted by molar-refractivity contribution is 7.93. The molecular weight excluding hydrogens is 378 g/mol. The van der Waals surface area contributed by atoms with Gasteiger partial charge in [0.15, 0.2) is 9.84 Å². The third kappa shape index (κ3) is 4.28. The third-order valence-electron chi connectivity index (χ3n) is 4.54. The van der Waals surface area contributed by atoms with Crippen molar-refractivity contribution < 1.29 is 13.2 Å². The van der Waals surface area contributed by atoms with Crippen molar-refractivity contribution in [2.24, 2.45) is 0 Å². The fourth-order valence-corrected chi connectivity index (χ4v) is 5.68. The van der Waals surface area contributed by atoms with Crippen LogP contribution in [0.15, 0.2) is 70.3 Å². The predicted molar refractivity (Wildman–Crippen MR) is 109 cm³/mol. The van der Waals surface area contributed by atoms with Crippen molar-refractivity contribution in [1.82, 2.24) is 5.32 Å². The number of benzene rings is 2. The number of hydrogen-bond acceptors (Lipinski definition) is 4. The number of amides is 1. The Morgan fingerprint density at radius 1 is 1.00 bits per heavy atom. The fraction of sp³-hybridized carbons (Fsp3) is 0.190. The van der Waals surface area contributed by atoms with Crippen LogP contribution in [0.2, 0.25) is 0 Å². The second-order valence-electron chi connectivity index (χ2n) is 6.39. The second kappa shape index (κ2) is 8.06. The maximum atomic E-state index is 13.1. The second-order valence-corrected chi connectivity index (χ2v) is 9.69. The van der Waals surface area contributed by atoms with Gasteiger partial charge in [0, 0.05) is 12.1 Å². The van der Waals surface area contributed by atoms with Gasteiger partial charge >= 0.3 is 0 Å². The summed E-state index contributed by atoms with van der Waals surface area (Å²) in [6.45, 7) is 3.94. The van der Waals surface area contributed by atoms with E-state index < -0.39 is 15.1 Å². The lowest BCUT2D eigenvalue weighted by Gasteiger charge is -2.18. The first-order valence-corrected chi connectivity index (χ1v) is 11.0. The van der Waals surface area contributed by atoms with Gasteiger partial charge < -0.3 is 5.32 Å². The molecule has 3 rings (SSSR count). The smallest absolute Gasteiger partial charge is 0.251 e. The number of sulfone groups is 1. The first-order chi connectivity index (χ1) is 12.9. The van der Waals surface area contributed by atoms with E-state index >= 15 is 0 Å². The van der Waals surface area contributed by atoms with Crippen LogP contribution in [0.4, 0.5) is 0 Å². The molecule has 0 aliphatic carbocycles.